The van der Waals surface area contributed by atoms with Gasteiger partial charge in [0.05, 0.1) is 13.7 Å². The Morgan fingerprint density at radius 2 is 1.57 bits per heavy atom. The number of hydrogen-bond acceptors (Lipinski definition) is 6. The second-order valence-corrected chi connectivity index (χ2v) is 6.65. The molecule has 1 atom stereocenters. The molecule has 0 radical (unpaired) electrons. The minimum atomic E-state index is -1.31. The molecule has 1 heterocycles. The Labute approximate surface area is 173 Å². The molecule has 1 saturated heterocycles. The van der Waals surface area contributed by atoms with E-state index < -0.39 is 23.4 Å². The van der Waals surface area contributed by atoms with E-state index in [-0.39, 0.29) is 6.61 Å². The molecule has 0 spiro atoms. The number of rotatable bonds is 8. The standard InChI is InChI=1S/C21H23N3O6/c1-4-29-16-9-11-17(12-10-16)30-13-18(25)23-24-19(26)21(2,22-20(24)27)14-5-7-15(28-3)8-6-14/h5-12H,4,13H2,1-3H3,(H,22,27)(H,23,25)/t21-/m1/s1. The van der Waals surface area contributed by atoms with Crippen molar-refractivity contribution in [1.29, 1.82) is 0 Å². The smallest absolute Gasteiger partial charge is 0.344 e. The minimum absolute atomic E-state index is 0.371. The van der Waals surface area contributed by atoms with Crippen LogP contribution in [0, 0.1) is 0 Å². The quantitative estimate of drug-likeness (QED) is 0.641. The maximum Gasteiger partial charge on any atom is 0.344 e. The number of methoxy groups -OCH3 is 1. The van der Waals surface area contributed by atoms with Gasteiger partial charge in [-0.25, -0.2) is 4.79 Å². The third-order valence-electron chi connectivity index (χ3n) is 4.60. The lowest BCUT2D eigenvalue weighted by Crippen LogP contribution is -2.49. The summed E-state index contributed by atoms with van der Waals surface area (Å²) in [6.45, 7) is 3.62. The first-order valence-corrected chi connectivity index (χ1v) is 9.33. The fourth-order valence-corrected chi connectivity index (χ4v) is 2.97. The number of carbonyl (C=O) groups excluding carboxylic acids is 3. The number of hydrazine groups is 1. The lowest BCUT2D eigenvalue weighted by Gasteiger charge is -2.22. The number of hydrogen-bond donors (Lipinski definition) is 2. The Morgan fingerprint density at radius 1 is 1.00 bits per heavy atom. The van der Waals surface area contributed by atoms with Crippen LogP contribution in [-0.4, -0.2) is 43.2 Å². The summed E-state index contributed by atoms with van der Waals surface area (Å²) in [6.07, 6.45) is 0. The average molecular weight is 413 g/mol. The van der Waals surface area contributed by atoms with Gasteiger partial charge in [0.25, 0.3) is 11.8 Å². The van der Waals surface area contributed by atoms with Gasteiger partial charge in [-0.05, 0) is 55.8 Å². The molecule has 3 rings (SSSR count). The highest BCUT2D eigenvalue weighted by atomic mass is 16.5. The Bertz CT molecular complexity index is 929. The van der Waals surface area contributed by atoms with E-state index in [0.717, 1.165) is 0 Å². The highest BCUT2D eigenvalue weighted by molar-refractivity contribution is 6.08. The van der Waals surface area contributed by atoms with Gasteiger partial charge in [0.1, 0.15) is 22.8 Å². The zero-order valence-electron chi connectivity index (χ0n) is 16.9. The number of ether oxygens (including phenoxy) is 3. The Balaban J connectivity index is 1.61. The van der Waals surface area contributed by atoms with E-state index in [1.54, 1.807) is 55.5 Å². The summed E-state index contributed by atoms with van der Waals surface area (Å²) in [4.78, 5) is 37.4. The van der Waals surface area contributed by atoms with Crippen molar-refractivity contribution in [3.63, 3.8) is 0 Å². The summed E-state index contributed by atoms with van der Waals surface area (Å²) in [6, 6.07) is 12.8. The molecule has 0 aromatic heterocycles. The summed E-state index contributed by atoms with van der Waals surface area (Å²) >= 11 is 0. The summed E-state index contributed by atoms with van der Waals surface area (Å²) in [7, 11) is 1.53. The molecule has 0 bridgehead atoms. The summed E-state index contributed by atoms with van der Waals surface area (Å²) in [5, 5.41) is 3.27. The van der Waals surface area contributed by atoms with Gasteiger partial charge < -0.3 is 19.5 Å². The molecule has 2 aromatic carbocycles. The number of nitrogens with one attached hydrogen (secondary N) is 2. The van der Waals surface area contributed by atoms with Crippen LogP contribution in [0.25, 0.3) is 0 Å². The number of amides is 4. The molecule has 0 aliphatic carbocycles. The molecule has 2 N–H and O–H groups in total. The first kappa shape index (κ1) is 21.0. The minimum Gasteiger partial charge on any atom is -0.497 e. The van der Waals surface area contributed by atoms with E-state index in [0.29, 0.717) is 34.4 Å². The molecular formula is C21H23N3O6. The Kier molecular flexibility index (Phi) is 6.10. The molecular weight excluding hydrogens is 390 g/mol. The fourth-order valence-electron chi connectivity index (χ4n) is 2.97. The zero-order chi connectivity index (χ0) is 21.7. The van der Waals surface area contributed by atoms with Gasteiger partial charge >= 0.3 is 6.03 Å². The van der Waals surface area contributed by atoms with Crippen molar-refractivity contribution >= 4 is 17.8 Å². The van der Waals surface area contributed by atoms with Crippen molar-refractivity contribution in [2.45, 2.75) is 19.4 Å². The molecule has 158 valence electrons. The topological polar surface area (TPSA) is 106 Å². The number of carbonyl (C=O) groups is 3. The van der Waals surface area contributed by atoms with Crippen molar-refractivity contribution in [1.82, 2.24) is 15.8 Å². The normalized spacial score (nSPS) is 18.0. The van der Waals surface area contributed by atoms with Crippen molar-refractivity contribution < 1.29 is 28.6 Å². The molecule has 1 fully saturated rings. The van der Waals surface area contributed by atoms with Gasteiger partial charge in [-0.2, -0.15) is 5.01 Å². The van der Waals surface area contributed by atoms with Gasteiger partial charge in [0, 0.05) is 0 Å². The number of benzene rings is 2. The molecule has 30 heavy (non-hydrogen) atoms. The average Bonchev–Trinajstić information content (AvgIpc) is 2.97. The van der Waals surface area contributed by atoms with Crippen molar-refractivity contribution in [2.75, 3.05) is 20.3 Å². The predicted octanol–water partition coefficient (Wildman–Crippen LogP) is 1.97. The van der Waals surface area contributed by atoms with E-state index >= 15 is 0 Å². The molecule has 9 nitrogen and oxygen atoms in total. The lowest BCUT2D eigenvalue weighted by atomic mass is 9.92. The molecule has 1 aliphatic rings. The van der Waals surface area contributed by atoms with Crippen LogP contribution in [0.4, 0.5) is 4.79 Å². The maximum absolute atomic E-state index is 12.8. The lowest BCUT2D eigenvalue weighted by molar-refractivity contribution is -0.139. The van der Waals surface area contributed by atoms with Gasteiger partial charge in [-0.1, -0.05) is 12.1 Å². The Morgan fingerprint density at radius 3 is 2.13 bits per heavy atom. The SMILES string of the molecule is CCOc1ccc(OCC(=O)NN2C(=O)N[C@](C)(c3ccc(OC)cc3)C2=O)cc1. The van der Waals surface area contributed by atoms with Crippen molar-refractivity contribution in [3.8, 4) is 17.2 Å². The second kappa shape index (κ2) is 8.73. The summed E-state index contributed by atoms with van der Waals surface area (Å²) in [5.41, 5.74) is 1.53. The summed E-state index contributed by atoms with van der Waals surface area (Å²) < 4.78 is 15.8. The predicted molar refractivity (Wildman–Crippen MR) is 107 cm³/mol. The van der Waals surface area contributed by atoms with Gasteiger partial charge in [-0.3, -0.25) is 15.0 Å². The fraction of sp³-hybridized carbons (Fsp3) is 0.286. The molecule has 2 aromatic rings. The van der Waals surface area contributed by atoms with E-state index in [1.165, 1.54) is 7.11 Å². The van der Waals surface area contributed by atoms with Crippen LogP contribution in [-0.2, 0) is 15.1 Å². The summed E-state index contributed by atoms with van der Waals surface area (Å²) in [5.74, 6) is 0.509. The van der Waals surface area contributed by atoms with E-state index in [4.69, 9.17) is 14.2 Å². The number of nitrogens with zero attached hydrogens (tertiary/aromatic N) is 1. The van der Waals surface area contributed by atoms with Crippen molar-refractivity contribution in [3.05, 3.63) is 54.1 Å². The highest BCUT2D eigenvalue weighted by Crippen LogP contribution is 2.29. The number of imide groups is 1. The number of urea groups is 1. The Hall–Kier alpha value is -3.75. The molecule has 0 saturated carbocycles. The van der Waals surface area contributed by atoms with Crippen LogP contribution in [0.3, 0.4) is 0 Å². The third kappa shape index (κ3) is 4.29. The van der Waals surface area contributed by atoms with E-state index in [9.17, 15) is 14.4 Å². The van der Waals surface area contributed by atoms with Crippen LogP contribution >= 0.6 is 0 Å². The van der Waals surface area contributed by atoms with Gasteiger partial charge in [0.15, 0.2) is 6.61 Å². The molecule has 9 heteroatoms. The van der Waals surface area contributed by atoms with Crippen LogP contribution in [0.15, 0.2) is 48.5 Å². The monoisotopic (exact) mass is 413 g/mol. The van der Waals surface area contributed by atoms with E-state index in [1.807, 2.05) is 6.92 Å². The third-order valence-corrected chi connectivity index (χ3v) is 4.60. The maximum atomic E-state index is 12.8. The molecule has 4 amide bonds. The van der Waals surface area contributed by atoms with Crippen LogP contribution in [0.1, 0.15) is 19.4 Å². The van der Waals surface area contributed by atoms with Crippen LogP contribution < -0.4 is 25.0 Å². The molecule has 1 aliphatic heterocycles. The highest BCUT2D eigenvalue weighted by Gasteiger charge is 2.50. The van der Waals surface area contributed by atoms with Gasteiger partial charge in [-0.15, -0.1) is 0 Å². The van der Waals surface area contributed by atoms with E-state index in [2.05, 4.69) is 10.7 Å². The first-order valence-electron chi connectivity index (χ1n) is 9.33. The molecule has 0 unspecified atom stereocenters. The zero-order valence-corrected chi connectivity index (χ0v) is 16.9. The van der Waals surface area contributed by atoms with Crippen LogP contribution in [0.5, 0.6) is 17.2 Å². The van der Waals surface area contributed by atoms with Crippen molar-refractivity contribution in [2.24, 2.45) is 0 Å². The first-order chi connectivity index (χ1) is 14.4. The van der Waals surface area contributed by atoms with Gasteiger partial charge in [0.2, 0.25) is 0 Å². The largest absolute Gasteiger partial charge is 0.497 e. The van der Waals surface area contributed by atoms with Crippen LogP contribution in [0.2, 0.25) is 0 Å². The second-order valence-electron chi connectivity index (χ2n) is 6.65.